The highest BCUT2D eigenvalue weighted by Gasteiger charge is 2.32. The Morgan fingerprint density at radius 1 is 1.17 bits per heavy atom. The molecular formula is C13H3Cl3F4N2O2. The van der Waals surface area contributed by atoms with Crippen molar-refractivity contribution in [1.82, 2.24) is 4.98 Å². The second-order valence-electron chi connectivity index (χ2n) is 4.15. The number of carbonyl (C=O) groups excluding carboxylic acids is 1. The fourth-order valence-electron chi connectivity index (χ4n) is 1.54. The van der Waals surface area contributed by atoms with Crippen LogP contribution in [0.4, 0.5) is 23.2 Å². The van der Waals surface area contributed by atoms with Crippen LogP contribution < -0.4 is 4.74 Å². The van der Waals surface area contributed by atoms with Gasteiger partial charge in [0.05, 0.1) is 10.6 Å². The number of aromatic nitrogens is 1. The van der Waals surface area contributed by atoms with Crippen molar-refractivity contribution in [2.75, 3.05) is 0 Å². The Balaban J connectivity index is 2.46. The second kappa shape index (κ2) is 6.94. The molecule has 126 valence electrons. The fourth-order valence-corrected chi connectivity index (χ4v) is 2.27. The van der Waals surface area contributed by atoms with Gasteiger partial charge in [0.25, 0.3) is 0 Å². The highest BCUT2D eigenvalue weighted by Crippen LogP contribution is 2.43. The van der Waals surface area contributed by atoms with Crippen LogP contribution >= 0.6 is 34.8 Å². The van der Waals surface area contributed by atoms with Gasteiger partial charge in [0.1, 0.15) is 15.7 Å². The van der Waals surface area contributed by atoms with E-state index in [4.69, 9.17) is 39.5 Å². The van der Waals surface area contributed by atoms with E-state index in [-0.39, 0.29) is 5.02 Å². The number of ether oxygens (including phenoxy) is 1. The first kappa shape index (κ1) is 18.5. The zero-order chi connectivity index (χ0) is 18.1. The lowest BCUT2D eigenvalue weighted by molar-refractivity contribution is -0.137. The largest absolute Gasteiger partial charge is 0.434 e. The lowest BCUT2D eigenvalue weighted by Gasteiger charge is -2.12. The molecule has 0 N–H and O–H groups in total. The summed E-state index contributed by atoms with van der Waals surface area (Å²) in [7, 11) is 0. The first-order chi connectivity index (χ1) is 11.1. The van der Waals surface area contributed by atoms with Gasteiger partial charge in [-0.2, -0.15) is 18.2 Å². The van der Waals surface area contributed by atoms with Gasteiger partial charge in [0.2, 0.25) is 12.0 Å². The van der Waals surface area contributed by atoms with E-state index >= 15 is 0 Å². The van der Waals surface area contributed by atoms with Crippen molar-refractivity contribution in [2.45, 2.75) is 6.18 Å². The Kier molecular flexibility index (Phi) is 5.35. The Bertz CT molecular complexity index is 852. The van der Waals surface area contributed by atoms with E-state index < -0.39 is 44.9 Å². The molecular weight excluding hydrogens is 399 g/mol. The number of halogens is 7. The number of hydrogen-bond acceptors (Lipinski definition) is 4. The summed E-state index contributed by atoms with van der Waals surface area (Å²) in [6.45, 7) is 0. The summed E-state index contributed by atoms with van der Waals surface area (Å²) >= 11 is 17.2. The Morgan fingerprint density at radius 2 is 1.83 bits per heavy atom. The zero-order valence-corrected chi connectivity index (χ0v) is 13.4. The van der Waals surface area contributed by atoms with E-state index in [1.807, 2.05) is 0 Å². The van der Waals surface area contributed by atoms with Crippen molar-refractivity contribution >= 4 is 46.6 Å². The zero-order valence-electron chi connectivity index (χ0n) is 11.1. The third kappa shape index (κ3) is 3.79. The predicted octanol–water partition coefficient (Wildman–Crippen LogP) is 5.96. The minimum Gasteiger partial charge on any atom is -0.434 e. The topological polar surface area (TPSA) is 51.5 Å². The quantitative estimate of drug-likeness (QED) is 0.276. The summed E-state index contributed by atoms with van der Waals surface area (Å²) in [4.78, 5) is 16.7. The molecule has 1 aromatic carbocycles. The number of alkyl halides is 3. The Labute approximate surface area is 146 Å². The van der Waals surface area contributed by atoms with Crippen molar-refractivity contribution in [2.24, 2.45) is 4.99 Å². The standard InChI is InChI=1S/C13H3Cl3F4N2O2/c14-6-2-8(22-4-23)10(17)9(16)11(6)24-12-7(15)1-5(3-21-12)13(18,19)20/h1-3H. The molecule has 0 saturated heterocycles. The normalized spacial score (nSPS) is 11.1. The number of pyridine rings is 1. The van der Waals surface area contributed by atoms with Gasteiger partial charge in [-0.1, -0.05) is 34.8 Å². The van der Waals surface area contributed by atoms with E-state index in [9.17, 15) is 22.4 Å². The third-order valence-electron chi connectivity index (χ3n) is 2.60. The highest BCUT2D eigenvalue weighted by molar-refractivity contribution is 6.38. The van der Waals surface area contributed by atoms with E-state index in [0.717, 1.165) is 12.1 Å². The van der Waals surface area contributed by atoms with Crippen molar-refractivity contribution in [3.8, 4) is 11.6 Å². The maximum Gasteiger partial charge on any atom is 0.417 e. The van der Waals surface area contributed by atoms with E-state index in [0.29, 0.717) is 12.3 Å². The molecule has 24 heavy (non-hydrogen) atoms. The van der Waals surface area contributed by atoms with Gasteiger partial charge in [0, 0.05) is 6.20 Å². The van der Waals surface area contributed by atoms with Gasteiger partial charge in [-0.3, -0.25) is 0 Å². The highest BCUT2D eigenvalue weighted by atomic mass is 35.5. The molecule has 0 unspecified atom stereocenters. The summed E-state index contributed by atoms with van der Waals surface area (Å²) < 4.78 is 56.7. The summed E-state index contributed by atoms with van der Waals surface area (Å²) in [6, 6.07) is 1.49. The SMILES string of the molecule is O=C=Nc1cc(Cl)c(Oc2ncc(C(F)(F)F)cc2Cl)c(Cl)c1F. The van der Waals surface area contributed by atoms with E-state index in [2.05, 4.69) is 9.98 Å². The van der Waals surface area contributed by atoms with Gasteiger partial charge in [0.15, 0.2) is 11.6 Å². The van der Waals surface area contributed by atoms with Crippen molar-refractivity contribution < 1.29 is 27.1 Å². The van der Waals surface area contributed by atoms with E-state index in [1.54, 1.807) is 0 Å². The van der Waals surface area contributed by atoms with E-state index in [1.165, 1.54) is 0 Å². The fraction of sp³-hybridized carbons (Fsp3) is 0.0769. The number of isocyanates is 1. The van der Waals surface area contributed by atoms with Gasteiger partial charge in [-0.05, 0) is 12.1 Å². The summed E-state index contributed by atoms with van der Waals surface area (Å²) in [5, 5.41) is -1.42. The molecule has 2 aromatic rings. The van der Waals surface area contributed by atoms with Gasteiger partial charge >= 0.3 is 6.18 Å². The van der Waals surface area contributed by atoms with Gasteiger partial charge in [-0.25, -0.2) is 14.2 Å². The molecule has 0 aliphatic rings. The van der Waals surface area contributed by atoms with Crippen molar-refractivity contribution in [1.29, 1.82) is 0 Å². The number of aliphatic imine (C=N–C) groups is 1. The first-order valence-electron chi connectivity index (χ1n) is 5.81. The molecule has 1 heterocycles. The molecule has 0 amide bonds. The summed E-state index contributed by atoms with van der Waals surface area (Å²) in [5.41, 5.74) is -1.59. The minimum absolute atomic E-state index is 0.270. The Morgan fingerprint density at radius 3 is 2.38 bits per heavy atom. The molecule has 0 radical (unpaired) electrons. The van der Waals surface area contributed by atoms with Crippen LogP contribution in [0.25, 0.3) is 0 Å². The van der Waals surface area contributed by atoms with Crippen LogP contribution in [0.1, 0.15) is 5.56 Å². The smallest absolute Gasteiger partial charge is 0.417 e. The molecule has 0 aliphatic heterocycles. The summed E-state index contributed by atoms with van der Waals surface area (Å²) in [6.07, 6.45) is -3.06. The van der Waals surface area contributed by atoms with Crippen LogP contribution in [-0.2, 0) is 11.0 Å². The van der Waals surface area contributed by atoms with Crippen LogP contribution in [0, 0.1) is 5.82 Å². The van der Waals surface area contributed by atoms with Crippen molar-refractivity contribution in [3.05, 3.63) is 44.8 Å². The second-order valence-corrected chi connectivity index (χ2v) is 5.34. The molecule has 0 bridgehead atoms. The Hall–Kier alpha value is -1.86. The lowest BCUT2D eigenvalue weighted by atomic mass is 10.2. The molecule has 0 aliphatic carbocycles. The molecule has 0 saturated carbocycles. The predicted molar refractivity (Wildman–Crippen MR) is 78.5 cm³/mol. The number of benzene rings is 1. The van der Waals surface area contributed by atoms with Crippen LogP contribution in [0.5, 0.6) is 11.6 Å². The van der Waals surface area contributed by atoms with Crippen LogP contribution in [0.15, 0.2) is 23.3 Å². The molecule has 0 atom stereocenters. The molecule has 11 heteroatoms. The number of hydrogen-bond donors (Lipinski definition) is 0. The molecule has 0 fully saturated rings. The first-order valence-corrected chi connectivity index (χ1v) is 6.94. The minimum atomic E-state index is -4.65. The van der Waals surface area contributed by atoms with Gasteiger partial charge in [-0.15, -0.1) is 0 Å². The van der Waals surface area contributed by atoms with Crippen molar-refractivity contribution in [3.63, 3.8) is 0 Å². The third-order valence-corrected chi connectivity index (χ3v) is 3.49. The number of rotatable bonds is 3. The van der Waals surface area contributed by atoms with Gasteiger partial charge < -0.3 is 4.74 Å². The van der Waals surface area contributed by atoms with Crippen LogP contribution in [0.3, 0.4) is 0 Å². The maximum atomic E-state index is 13.9. The average molecular weight is 402 g/mol. The van der Waals surface area contributed by atoms with Crippen LogP contribution in [0.2, 0.25) is 15.1 Å². The molecule has 4 nitrogen and oxygen atoms in total. The molecule has 1 aromatic heterocycles. The lowest BCUT2D eigenvalue weighted by Crippen LogP contribution is -2.06. The molecule has 2 rings (SSSR count). The summed E-state index contributed by atoms with van der Waals surface area (Å²) in [5.74, 6) is -2.06. The monoisotopic (exact) mass is 400 g/mol. The number of nitrogens with zero attached hydrogens (tertiary/aromatic N) is 2. The molecule has 0 spiro atoms. The average Bonchev–Trinajstić information content (AvgIpc) is 2.49. The van der Waals surface area contributed by atoms with Crippen LogP contribution in [-0.4, -0.2) is 11.1 Å². The maximum absolute atomic E-state index is 13.9.